The fourth-order valence-corrected chi connectivity index (χ4v) is 3.33. The molecule has 0 radical (unpaired) electrons. The molecule has 1 N–H and O–H groups in total. The van der Waals surface area contributed by atoms with Crippen LogP contribution in [0.25, 0.3) is 0 Å². The molecule has 0 aliphatic carbocycles. The number of methoxy groups -OCH3 is 1. The van der Waals surface area contributed by atoms with Crippen molar-refractivity contribution < 1.29 is 18.8 Å². The Bertz CT molecular complexity index is 1410. The Hall–Kier alpha value is -4.91. The number of aromatic nitrogens is 3. The second kappa shape index (κ2) is 9.70. The standard InChI is InChI=1S/C24H19N5O5/c1-29-23(31)21(32-2)19(22(30)27-17-13-26-33-14-17)28-24(29)34-20(15-8-4-3-5-9-15)18-11-7-6-10-16(18)12-25/h3-11,13-14,20H,1-2H3,(H,27,30). The monoisotopic (exact) mass is 457 g/mol. The average molecular weight is 457 g/mol. The van der Waals surface area contributed by atoms with E-state index in [1.807, 2.05) is 30.3 Å². The van der Waals surface area contributed by atoms with Crippen LogP contribution in [0.4, 0.5) is 5.69 Å². The van der Waals surface area contributed by atoms with Crippen molar-refractivity contribution in [3.63, 3.8) is 0 Å². The number of hydrogen-bond donors (Lipinski definition) is 1. The molecule has 4 aromatic rings. The van der Waals surface area contributed by atoms with Crippen LogP contribution in [0.15, 0.2) is 76.4 Å². The molecule has 10 nitrogen and oxygen atoms in total. The van der Waals surface area contributed by atoms with Crippen LogP contribution in [0.5, 0.6) is 11.8 Å². The molecular weight excluding hydrogens is 438 g/mol. The predicted octanol–water partition coefficient (Wildman–Crippen LogP) is 3.07. The van der Waals surface area contributed by atoms with Crippen LogP contribution in [-0.2, 0) is 7.05 Å². The van der Waals surface area contributed by atoms with E-state index in [9.17, 15) is 14.9 Å². The van der Waals surface area contributed by atoms with Crippen LogP contribution < -0.4 is 20.3 Å². The van der Waals surface area contributed by atoms with Gasteiger partial charge in [0.2, 0.25) is 5.75 Å². The summed E-state index contributed by atoms with van der Waals surface area (Å²) in [6, 6.07) is 18.2. The SMILES string of the molecule is COc1c(C(=O)Nc2cnoc2)nc(OC(c2ccccc2)c2ccccc2C#N)n(C)c1=O. The maximum Gasteiger partial charge on any atom is 0.300 e. The van der Waals surface area contributed by atoms with Crippen molar-refractivity contribution in [2.24, 2.45) is 7.05 Å². The van der Waals surface area contributed by atoms with E-state index >= 15 is 0 Å². The van der Waals surface area contributed by atoms with Crippen molar-refractivity contribution in [3.8, 4) is 17.8 Å². The third-order valence-electron chi connectivity index (χ3n) is 5.01. The van der Waals surface area contributed by atoms with Gasteiger partial charge in [0.15, 0.2) is 11.8 Å². The Morgan fingerprint density at radius 2 is 1.91 bits per heavy atom. The Labute approximate surface area is 194 Å². The highest BCUT2D eigenvalue weighted by atomic mass is 16.5. The molecule has 0 saturated carbocycles. The van der Waals surface area contributed by atoms with E-state index in [2.05, 4.69) is 21.5 Å². The number of carbonyl (C=O) groups excluding carboxylic acids is 1. The molecule has 10 heteroatoms. The molecule has 0 aliphatic heterocycles. The number of nitriles is 1. The summed E-state index contributed by atoms with van der Waals surface area (Å²) in [5.41, 5.74) is 1.09. The summed E-state index contributed by atoms with van der Waals surface area (Å²) in [6.07, 6.45) is 1.75. The number of nitrogens with one attached hydrogen (secondary N) is 1. The lowest BCUT2D eigenvalue weighted by molar-refractivity contribution is 0.101. The number of ether oxygens (including phenoxy) is 2. The minimum atomic E-state index is -0.780. The highest BCUT2D eigenvalue weighted by molar-refractivity contribution is 6.04. The third kappa shape index (κ3) is 4.35. The summed E-state index contributed by atoms with van der Waals surface area (Å²) in [5.74, 6) is -0.964. The van der Waals surface area contributed by atoms with Gasteiger partial charge in [0.25, 0.3) is 11.5 Å². The van der Waals surface area contributed by atoms with Gasteiger partial charge in [-0.05, 0) is 11.6 Å². The first-order valence-corrected chi connectivity index (χ1v) is 10.1. The number of carbonyl (C=O) groups is 1. The molecule has 0 aliphatic rings. The largest absolute Gasteiger partial charge is 0.489 e. The fraction of sp³-hybridized carbons (Fsp3) is 0.125. The van der Waals surface area contributed by atoms with Gasteiger partial charge in [-0.1, -0.05) is 53.7 Å². The van der Waals surface area contributed by atoms with Crippen molar-refractivity contribution >= 4 is 11.6 Å². The maximum absolute atomic E-state index is 13.0. The Balaban J connectivity index is 1.82. The summed E-state index contributed by atoms with van der Waals surface area (Å²) in [4.78, 5) is 30.1. The molecule has 0 spiro atoms. The molecule has 1 amide bonds. The summed E-state index contributed by atoms with van der Waals surface area (Å²) in [7, 11) is 2.72. The van der Waals surface area contributed by atoms with Crippen LogP contribution in [0.2, 0.25) is 0 Å². The lowest BCUT2D eigenvalue weighted by atomic mass is 9.97. The first-order chi connectivity index (χ1) is 16.5. The van der Waals surface area contributed by atoms with Gasteiger partial charge in [-0.2, -0.15) is 10.2 Å². The van der Waals surface area contributed by atoms with E-state index in [1.165, 1.54) is 26.6 Å². The molecular formula is C24H19N5O5. The average Bonchev–Trinajstić information content (AvgIpc) is 3.38. The first kappa shape index (κ1) is 22.3. The van der Waals surface area contributed by atoms with E-state index in [0.717, 1.165) is 10.1 Å². The summed E-state index contributed by atoms with van der Waals surface area (Å²) in [6.45, 7) is 0. The van der Waals surface area contributed by atoms with Gasteiger partial charge in [0.05, 0.1) is 24.9 Å². The molecule has 0 bridgehead atoms. The zero-order valence-electron chi connectivity index (χ0n) is 18.3. The zero-order chi connectivity index (χ0) is 24.1. The van der Waals surface area contributed by atoms with Gasteiger partial charge < -0.3 is 19.3 Å². The van der Waals surface area contributed by atoms with Crippen LogP contribution in [0.1, 0.15) is 33.3 Å². The van der Waals surface area contributed by atoms with Crippen molar-refractivity contribution in [3.05, 3.63) is 99.8 Å². The number of nitrogens with zero attached hydrogens (tertiary/aromatic N) is 4. The van der Waals surface area contributed by atoms with Gasteiger partial charge in [0, 0.05) is 12.6 Å². The smallest absolute Gasteiger partial charge is 0.300 e. The van der Waals surface area contributed by atoms with E-state index in [-0.39, 0.29) is 23.1 Å². The Kier molecular flexibility index (Phi) is 6.36. The molecule has 4 rings (SSSR count). The molecule has 170 valence electrons. The molecule has 1 unspecified atom stereocenters. The van der Waals surface area contributed by atoms with Crippen molar-refractivity contribution in [1.82, 2.24) is 14.7 Å². The molecule has 0 saturated heterocycles. The zero-order valence-corrected chi connectivity index (χ0v) is 18.3. The summed E-state index contributed by atoms with van der Waals surface area (Å²) in [5, 5.41) is 15.7. The molecule has 2 heterocycles. The van der Waals surface area contributed by atoms with Crippen LogP contribution >= 0.6 is 0 Å². The second-order valence-corrected chi connectivity index (χ2v) is 7.12. The minimum Gasteiger partial charge on any atom is -0.489 e. The van der Waals surface area contributed by atoms with Crippen LogP contribution in [-0.4, -0.2) is 27.7 Å². The Morgan fingerprint density at radius 1 is 1.18 bits per heavy atom. The van der Waals surface area contributed by atoms with Crippen molar-refractivity contribution in [2.75, 3.05) is 12.4 Å². The number of hydrogen-bond acceptors (Lipinski definition) is 8. The second-order valence-electron chi connectivity index (χ2n) is 7.12. The summed E-state index contributed by atoms with van der Waals surface area (Å²) >= 11 is 0. The molecule has 1 atom stereocenters. The van der Waals surface area contributed by atoms with Crippen LogP contribution in [0.3, 0.4) is 0 Å². The molecule has 34 heavy (non-hydrogen) atoms. The lowest BCUT2D eigenvalue weighted by Gasteiger charge is -2.22. The van der Waals surface area contributed by atoms with Gasteiger partial charge >= 0.3 is 6.01 Å². The highest BCUT2D eigenvalue weighted by Crippen LogP contribution is 2.30. The predicted molar refractivity (Wildman–Crippen MR) is 121 cm³/mol. The van der Waals surface area contributed by atoms with E-state index in [0.29, 0.717) is 11.1 Å². The topological polar surface area (TPSA) is 132 Å². The quantitative estimate of drug-likeness (QED) is 0.448. The molecule has 0 fully saturated rings. The van der Waals surface area contributed by atoms with E-state index in [1.54, 1.807) is 24.3 Å². The minimum absolute atomic E-state index is 0.136. The highest BCUT2D eigenvalue weighted by Gasteiger charge is 2.26. The van der Waals surface area contributed by atoms with Gasteiger partial charge in [-0.3, -0.25) is 14.2 Å². The van der Waals surface area contributed by atoms with E-state index < -0.39 is 17.6 Å². The van der Waals surface area contributed by atoms with Gasteiger partial charge in [0.1, 0.15) is 12.0 Å². The summed E-state index contributed by atoms with van der Waals surface area (Å²) < 4.78 is 17.2. The Morgan fingerprint density at radius 3 is 2.59 bits per heavy atom. The van der Waals surface area contributed by atoms with Crippen molar-refractivity contribution in [1.29, 1.82) is 5.26 Å². The van der Waals surface area contributed by atoms with Crippen LogP contribution in [0, 0.1) is 11.3 Å². The lowest BCUT2D eigenvalue weighted by Crippen LogP contribution is -2.28. The number of amides is 1. The maximum atomic E-state index is 13.0. The third-order valence-corrected chi connectivity index (χ3v) is 5.01. The normalized spacial score (nSPS) is 11.3. The first-order valence-electron chi connectivity index (χ1n) is 10.1. The molecule has 2 aromatic heterocycles. The number of benzene rings is 2. The fourth-order valence-electron chi connectivity index (χ4n) is 3.33. The number of rotatable bonds is 7. The van der Waals surface area contributed by atoms with Gasteiger partial charge in [-0.15, -0.1) is 0 Å². The van der Waals surface area contributed by atoms with Gasteiger partial charge in [-0.25, -0.2) is 0 Å². The number of anilines is 1. The van der Waals surface area contributed by atoms with Crippen molar-refractivity contribution in [2.45, 2.75) is 6.10 Å². The molecule has 2 aromatic carbocycles. The van der Waals surface area contributed by atoms with E-state index in [4.69, 9.17) is 14.0 Å².